The van der Waals surface area contributed by atoms with Gasteiger partial charge in [-0.3, -0.25) is 14.9 Å². The van der Waals surface area contributed by atoms with E-state index in [-0.39, 0.29) is 11.5 Å². The predicted octanol–water partition coefficient (Wildman–Crippen LogP) is 2.89. The highest BCUT2D eigenvalue weighted by molar-refractivity contribution is 6.09. The van der Waals surface area contributed by atoms with Gasteiger partial charge in [-0.2, -0.15) is 0 Å². The molecule has 0 amide bonds. The molecule has 0 fully saturated rings. The maximum atomic E-state index is 12.2. The van der Waals surface area contributed by atoms with Crippen LogP contribution in [0.25, 0.3) is 0 Å². The first-order valence-electron chi connectivity index (χ1n) is 6.05. The molecule has 20 heavy (non-hydrogen) atoms. The van der Waals surface area contributed by atoms with E-state index in [9.17, 15) is 14.9 Å². The number of nitrogens with zero attached hydrogens (tertiary/aromatic N) is 2. The molecule has 0 aliphatic carbocycles. The summed E-state index contributed by atoms with van der Waals surface area (Å²) in [5.74, 6) is -0.148. The zero-order valence-corrected chi connectivity index (χ0v) is 11.2. The molecule has 0 unspecified atom stereocenters. The van der Waals surface area contributed by atoms with Crippen LogP contribution in [0.2, 0.25) is 0 Å². The highest BCUT2D eigenvalue weighted by atomic mass is 16.6. The Morgan fingerprint density at radius 3 is 1.80 bits per heavy atom. The first-order chi connectivity index (χ1) is 9.49. The van der Waals surface area contributed by atoms with Gasteiger partial charge >= 0.3 is 0 Å². The molecule has 102 valence electrons. The van der Waals surface area contributed by atoms with Crippen LogP contribution < -0.4 is 4.90 Å². The SMILES string of the molecule is CN(C)c1ccc(C(=O)c2ccc([N+](=O)[O-])cc2)cc1. The lowest BCUT2D eigenvalue weighted by molar-refractivity contribution is -0.384. The first-order valence-corrected chi connectivity index (χ1v) is 6.05. The van der Waals surface area contributed by atoms with Crippen molar-refractivity contribution in [3.8, 4) is 0 Å². The number of hydrogen-bond donors (Lipinski definition) is 0. The molecule has 2 rings (SSSR count). The quantitative estimate of drug-likeness (QED) is 0.487. The molecule has 2 aromatic carbocycles. The molecule has 0 aromatic heterocycles. The van der Waals surface area contributed by atoms with Gasteiger partial charge < -0.3 is 4.90 Å². The Labute approximate surface area is 116 Å². The van der Waals surface area contributed by atoms with E-state index in [1.807, 2.05) is 31.1 Å². The molecule has 0 heterocycles. The second-order valence-electron chi connectivity index (χ2n) is 4.57. The van der Waals surface area contributed by atoms with Crippen LogP contribution in [0.4, 0.5) is 11.4 Å². The zero-order chi connectivity index (χ0) is 14.7. The van der Waals surface area contributed by atoms with Crippen molar-refractivity contribution < 1.29 is 9.72 Å². The maximum Gasteiger partial charge on any atom is 0.269 e. The molecule has 5 heteroatoms. The average Bonchev–Trinajstić information content (AvgIpc) is 2.46. The van der Waals surface area contributed by atoms with Gasteiger partial charge in [-0.05, 0) is 36.4 Å². The maximum absolute atomic E-state index is 12.2. The lowest BCUT2D eigenvalue weighted by Gasteiger charge is -2.12. The number of non-ortho nitro benzene ring substituents is 1. The lowest BCUT2D eigenvalue weighted by atomic mass is 10.0. The summed E-state index contributed by atoms with van der Waals surface area (Å²) in [5, 5.41) is 10.6. The number of carbonyl (C=O) groups is 1. The van der Waals surface area contributed by atoms with E-state index in [1.165, 1.54) is 24.3 Å². The van der Waals surface area contributed by atoms with Crippen LogP contribution in [-0.4, -0.2) is 24.8 Å². The van der Waals surface area contributed by atoms with Gasteiger partial charge in [-0.1, -0.05) is 0 Å². The molecule has 0 radical (unpaired) electrons. The Hall–Kier alpha value is -2.69. The van der Waals surface area contributed by atoms with Crippen LogP contribution in [0.5, 0.6) is 0 Å². The highest BCUT2D eigenvalue weighted by Crippen LogP contribution is 2.17. The van der Waals surface area contributed by atoms with Gasteiger partial charge in [0.25, 0.3) is 5.69 Å². The van der Waals surface area contributed by atoms with Gasteiger partial charge in [-0.25, -0.2) is 0 Å². The molecular weight excluding hydrogens is 256 g/mol. The van der Waals surface area contributed by atoms with Crippen molar-refractivity contribution in [3.63, 3.8) is 0 Å². The van der Waals surface area contributed by atoms with E-state index in [0.717, 1.165) is 5.69 Å². The third-order valence-electron chi connectivity index (χ3n) is 2.99. The fourth-order valence-electron chi connectivity index (χ4n) is 1.81. The lowest BCUT2D eigenvalue weighted by Crippen LogP contribution is -2.09. The van der Waals surface area contributed by atoms with Crippen molar-refractivity contribution in [1.82, 2.24) is 0 Å². The second-order valence-corrected chi connectivity index (χ2v) is 4.57. The number of carbonyl (C=O) groups excluding carboxylic acids is 1. The topological polar surface area (TPSA) is 63.5 Å². The fraction of sp³-hybridized carbons (Fsp3) is 0.133. The summed E-state index contributed by atoms with van der Waals surface area (Å²) < 4.78 is 0. The zero-order valence-electron chi connectivity index (χ0n) is 11.2. The van der Waals surface area contributed by atoms with Crippen molar-refractivity contribution in [2.24, 2.45) is 0 Å². The molecule has 0 saturated carbocycles. The van der Waals surface area contributed by atoms with E-state index in [1.54, 1.807) is 12.1 Å². The Morgan fingerprint density at radius 2 is 1.40 bits per heavy atom. The van der Waals surface area contributed by atoms with Gasteiger partial charge in [0, 0.05) is 43.0 Å². The van der Waals surface area contributed by atoms with Crippen molar-refractivity contribution in [2.75, 3.05) is 19.0 Å². The number of hydrogen-bond acceptors (Lipinski definition) is 4. The monoisotopic (exact) mass is 270 g/mol. The number of nitro benzene ring substituents is 1. The summed E-state index contributed by atoms with van der Waals surface area (Å²) in [6, 6.07) is 12.8. The summed E-state index contributed by atoms with van der Waals surface area (Å²) in [7, 11) is 3.85. The van der Waals surface area contributed by atoms with Crippen molar-refractivity contribution in [1.29, 1.82) is 0 Å². The standard InChI is InChI=1S/C15H14N2O3/c1-16(2)13-7-3-11(4-8-13)15(18)12-5-9-14(10-6-12)17(19)20/h3-10H,1-2H3. The van der Waals surface area contributed by atoms with Crippen LogP contribution in [0.3, 0.4) is 0 Å². The molecule has 0 aliphatic rings. The molecule has 2 aromatic rings. The molecule has 0 bridgehead atoms. The van der Waals surface area contributed by atoms with Gasteiger partial charge in [-0.15, -0.1) is 0 Å². The third kappa shape index (κ3) is 2.83. The smallest absolute Gasteiger partial charge is 0.269 e. The number of ketones is 1. The van der Waals surface area contributed by atoms with Crippen LogP contribution in [0.15, 0.2) is 48.5 Å². The summed E-state index contributed by atoms with van der Waals surface area (Å²) in [4.78, 5) is 24.3. The van der Waals surface area contributed by atoms with Gasteiger partial charge in [0.1, 0.15) is 0 Å². The van der Waals surface area contributed by atoms with E-state index < -0.39 is 4.92 Å². The molecule has 0 N–H and O–H groups in total. The van der Waals surface area contributed by atoms with Crippen molar-refractivity contribution in [3.05, 3.63) is 69.8 Å². The average molecular weight is 270 g/mol. The molecule has 0 saturated heterocycles. The van der Waals surface area contributed by atoms with Crippen molar-refractivity contribution >= 4 is 17.2 Å². The van der Waals surface area contributed by atoms with E-state index >= 15 is 0 Å². The molecule has 5 nitrogen and oxygen atoms in total. The van der Waals surface area contributed by atoms with E-state index in [4.69, 9.17) is 0 Å². The summed E-state index contributed by atoms with van der Waals surface area (Å²) in [6.07, 6.45) is 0. The van der Waals surface area contributed by atoms with E-state index in [2.05, 4.69) is 0 Å². The Kier molecular flexibility index (Phi) is 3.79. The minimum Gasteiger partial charge on any atom is -0.378 e. The normalized spacial score (nSPS) is 10.1. The number of anilines is 1. The second kappa shape index (κ2) is 5.52. The molecule has 0 spiro atoms. The van der Waals surface area contributed by atoms with E-state index in [0.29, 0.717) is 11.1 Å². The molecular formula is C15H14N2O3. The summed E-state index contributed by atoms with van der Waals surface area (Å²) in [6.45, 7) is 0. The predicted molar refractivity (Wildman–Crippen MR) is 77.3 cm³/mol. The van der Waals surface area contributed by atoms with Gasteiger partial charge in [0.15, 0.2) is 5.78 Å². The molecule has 0 aliphatic heterocycles. The summed E-state index contributed by atoms with van der Waals surface area (Å²) >= 11 is 0. The van der Waals surface area contributed by atoms with Crippen LogP contribution in [-0.2, 0) is 0 Å². The Balaban J connectivity index is 2.24. The van der Waals surface area contributed by atoms with Crippen LogP contribution >= 0.6 is 0 Å². The number of benzene rings is 2. The fourth-order valence-corrected chi connectivity index (χ4v) is 1.81. The van der Waals surface area contributed by atoms with Gasteiger partial charge in [0.05, 0.1) is 4.92 Å². The van der Waals surface area contributed by atoms with Crippen LogP contribution in [0.1, 0.15) is 15.9 Å². The summed E-state index contributed by atoms with van der Waals surface area (Å²) in [5.41, 5.74) is 1.98. The van der Waals surface area contributed by atoms with Crippen LogP contribution in [0, 0.1) is 10.1 Å². The van der Waals surface area contributed by atoms with Crippen molar-refractivity contribution in [2.45, 2.75) is 0 Å². The minimum absolute atomic E-state index is 0.0236. The highest BCUT2D eigenvalue weighted by Gasteiger charge is 2.11. The largest absolute Gasteiger partial charge is 0.378 e. The Bertz CT molecular complexity index is 631. The third-order valence-corrected chi connectivity index (χ3v) is 2.99. The Morgan fingerprint density at radius 1 is 0.950 bits per heavy atom. The minimum atomic E-state index is -0.486. The number of rotatable bonds is 4. The first kappa shape index (κ1) is 13.7. The van der Waals surface area contributed by atoms with Gasteiger partial charge in [0.2, 0.25) is 0 Å². The number of nitro groups is 1. The molecule has 0 atom stereocenters.